The molecule has 1 atom stereocenters. The molecule has 0 aromatic heterocycles. The van der Waals surface area contributed by atoms with Crippen LogP contribution in [-0.4, -0.2) is 50.0 Å². The van der Waals surface area contributed by atoms with E-state index in [-0.39, 0.29) is 18.5 Å². The van der Waals surface area contributed by atoms with E-state index >= 15 is 0 Å². The predicted molar refractivity (Wildman–Crippen MR) is 148 cm³/mol. The molecule has 0 aliphatic heterocycles. The van der Waals surface area contributed by atoms with E-state index in [9.17, 15) is 18.0 Å². The van der Waals surface area contributed by atoms with E-state index in [1.54, 1.807) is 30.3 Å². The smallest absolute Gasteiger partial charge is 0.244 e. The van der Waals surface area contributed by atoms with Crippen LogP contribution in [0.1, 0.15) is 30.5 Å². The third-order valence-corrected chi connectivity index (χ3v) is 7.17. The Hall–Kier alpha value is -3.65. The molecule has 0 heterocycles. The summed E-state index contributed by atoms with van der Waals surface area (Å²) in [5.41, 5.74) is 3.15. The van der Waals surface area contributed by atoms with Crippen LogP contribution in [-0.2, 0) is 32.6 Å². The first-order valence-corrected chi connectivity index (χ1v) is 14.1. The molecule has 196 valence electrons. The van der Waals surface area contributed by atoms with Gasteiger partial charge in [0.15, 0.2) is 0 Å². The Labute approximate surface area is 220 Å². The van der Waals surface area contributed by atoms with Crippen molar-refractivity contribution in [3.8, 4) is 0 Å². The Bertz CT molecular complexity index is 1290. The Morgan fingerprint density at radius 3 is 2.00 bits per heavy atom. The van der Waals surface area contributed by atoms with Gasteiger partial charge in [0.25, 0.3) is 0 Å². The Balaban J connectivity index is 2.05. The second kappa shape index (κ2) is 12.5. The van der Waals surface area contributed by atoms with Gasteiger partial charge in [-0.1, -0.05) is 72.8 Å². The first-order valence-electron chi connectivity index (χ1n) is 12.3. The van der Waals surface area contributed by atoms with Crippen molar-refractivity contribution in [1.29, 1.82) is 0 Å². The van der Waals surface area contributed by atoms with Gasteiger partial charge in [0.2, 0.25) is 21.8 Å². The van der Waals surface area contributed by atoms with Gasteiger partial charge in [-0.3, -0.25) is 13.9 Å². The molecule has 1 N–H and O–H groups in total. The lowest BCUT2D eigenvalue weighted by atomic mass is 10.0. The maximum Gasteiger partial charge on any atom is 0.244 e. The van der Waals surface area contributed by atoms with Crippen LogP contribution in [0.3, 0.4) is 0 Å². The van der Waals surface area contributed by atoms with Gasteiger partial charge in [-0.2, -0.15) is 0 Å². The normalized spacial score (nSPS) is 12.1. The summed E-state index contributed by atoms with van der Waals surface area (Å²) in [4.78, 5) is 29.0. The number of hydrogen-bond donors (Lipinski definition) is 1. The number of hydrogen-bond acceptors (Lipinski definition) is 4. The van der Waals surface area contributed by atoms with Crippen LogP contribution in [0.15, 0.2) is 84.9 Å². The lowest BCUT2D eigenvalue weighted by molar-refractivity contribution is -0.140. The van der Waals surface area contributed by atoms with Crippen molar-refractivity contribution < 1.29 is 18.0 Å². The van der Waals surface area contributed by atoms with Crippen molar-refractivity contribution in [2.24, 2.45) is 0 Å². The lowest BCUT2D eigenvalue weighted by Crippen LogP contribution is -2.54. The number of anilines is 1. The molecule has 0 aliphatic rings. The molecular weight excluding hydrogens is 486 g/mol. The maximum atomic E-state index is 14.0. The van der Waals surface area contributed by atoms with Gasteiger partial charge in [-0.05, 0) is 49.6 Å². The minimum Gasteiger partial charge on any atom is -0.352 e. The number of nitrogens with one attached hydrogen (secondary N) is 1. The minimum atomic E-state index is -3.77. The van der Waals surface area contributed by atoms with Crippen LogP contribution in [0.4, 0.5) is 5.69 Å². The Morgan fingerprint density at radius 2 is 1.43 bits per heavy atom. The van der Waals surface area contributed by atoms with Gasteiger partial charge < -0.3 is 10.2 Å². The summed E-state index contributed by atoms with van der Waals surface area (Å²) < 4.78 is 26.5. The number of benzene rings is 3. The molecule has 3 aromatic rings. The summed E-state index contributed by atoms with van der Waals surface area (Å²) in [6.07, 6.45) is 1.37. The second-order valence-electron chi connectivity index (χ2n) is 9.42. The summed E-state index contributed by atoms with van der Waals surface area (Å²) in [7, 11) is -3.77. The van der Waals surface area contributed by atoms with Gasteiger partial charge in [0.1, 0.15) is 12.6 Å². The summed E-state index contributed by atoms with van der Waals surface area (Å²) in [5.74, 6) is -0.747. The number of carbonyl (C=O) groups excluding carboxylic acids is 2. The largest absolute Gasteiger partial charge is 0.352 e. The highest BCUT2D eigenvalue weighted by Gasteiger charge is 2.33. The lowest BCUT2D eigenvalue weighted by Gasteiger charge is -2.34. The van der Waals surface area contributed by atoms with Crippen molar-refractivity contribution in [2.75, 3.05) is 17.1 Å². The summed E-state index contributed by atoms with van der Waals surface area (Å²) in [5, 5.41) is 2.95. The molecule has 0 radical (unpaired) electrons. The number of aryl methyl sites for hydroxylation is 1. The number of carbonyl (C=O) groups is 2. The molecule has 8 heteroatoms. The molecule has 3 aromatic carbocycles. The molecule has 0 aliphatic carbocycles. The monoisotopic (exact) mass is 521 g/mol. The Kier molecular flexibility index (Phi) is 9.47. The summed E-state index contributed by atoms with van der Waals surface area (Å²) in [6.45, 7) is 5.43. The molecule has 0 unspecified atom stereocenters. The van der Waals surface area contributed by atoms with E-state index in [4.69, 9.17) is 0 Å². The zero-order valence-corrected chi connectivity index (χ0v) is 22.6. The fourth-order valence-electron chi connectivity index (χ4n) is 4.11. The van der Waals surface area contributed by atoms with E-state index in [1.165, 1.54) is 4.90 Å². The summed E-state index contributed by atoms with van der Waals surface area (Å²) >= 11 is 0. The van der Waals surface area contributed by atoms with Gasteiger partial charge in [0.05, 0.1) is 11.9 Å². The molecule has 37 heavy (non-hydrogen) atoms. The van der Waals surface area contributed by atoms with E-state index in [0.29, 0.717) is 12.1 Å². The minimum absolute atomic E-state index is 0.127. The van der Waals surface area contributed by atoms with Gasteiger partial charge in [0, 0.05) is 19.0 Å². The first-order chi connectivity index (χ1) is 17.6. The predicted octanol–water partition coefficient (Wildman–Crippen LogP) is 3.93. The molecule has 3 rings (SSSR count). The zero-order chi connectivity index (χ0) is 27.0. The third-order valence-electron chi connectivity index (χ3n) is 6.03. The van der Waals surface area contributed by atoms with Crippen LogP contribution < -0.4 is 9.62 Å². The van der Waals surface area contributed by atoms with Crippen LogP contribution >= 0.6 is 0 Å². The van der Waals surface area contributed by atoms with Crippen LogP contribution in [0.5, 0.6) is 0 Å². The van der Waals surface area contributed by atoms with E-state index in [0.717, 1.165) is 27.3 Å². The second-order valence-corrected chi connectivity index (χ2v) is 11.3. The quantitative estimate of drug-likeness (QED) is 0.414. The van der Waals surface area contributed by atoms with E-state index < -0.39 is 28.5 Å². The molecule has 0 fully saturated rings. The van der Waals surface area contributed by atoms with Crippen molar-refractivity contribution in [2.45, 2.75) is 45.8 Å². The Morgan fingerprint density at radius 1 is 0.865 bits per heavy atom. The number of para-hydroxylation sites is 1. The number of rotatable bonds is 11. The molecular formula is C29H35N3O4S. The average molecular weight is 522 g/mol. The van der Waals surface area contributed by atoms with E-state index in [1.807, 2.05) is 75.4 Å². The number of amides is 2. The maximum absolute atomic E-state index is 14.0. The van der Waals surface area contributed by atoms with Gasteiger partial charge in [-0.25, -0.2) is 8.42 Å². The van der Waals surface area contributed by atoms with Crippen LogP contribution in [0.25, 0.3) is 0 Å². The molecule has 7 nitrogen and oxygen atoms in total. The zero-order valence-electron chi connectivity index (χ0n) is 21.8. The van der Waals surface area contributed by atoms with Crippen molar-refractivity contribution >= 4 is 27.5 Å². The molecule has 0 saturated heterocycles. The SMILES string of the molecule is Cc1ccccc1CN(C(=O)CN(c1ccccc1)S(C)(=O)=O)[C@@H](Cc1ccccc1)C(=O)NC(C)C. The topological polar surface area (TPSA) is 86.8 Å². The fourth-order valence-corrected chi connectivity index (χ4v) is 4.96. The van der Waals surface area contributed by atoms with E-state index in [2.05, 4.69) is 5.32 Å². The standard InChI is InChI=1S/C29H35N3O4S/c1-22(2)30-29(34)27(19-24-14-7-5-8-15-24)31(20-25-16-12-11-13-23(25)3)28(33)21-32(37(4,35)36)26-17-9-6-10-18-26/h5-18,22,27H,19-21H2,1-4H3,(H,30,34)/t27-/m0/s1. The highest BCUT2D eigenvalue weighted by Crippen LogP contribution is 2.21. The van der Waals surface area contributed by atoms with Gasteiger partial charge in [-0.15, -0.1) is 0 Å². The third kappa shape index (κ3) is 7.92. The van der Waals surface area contributed by atoms with Crippen molar-refractivity contribution in [3.05, 3.63) is 102 Å². The molecule has 0 spiro atoms. The molecule has 0 bridgehead atoms. The average Bonchev–Trinajstić information content (AvgIpc) is 2.85. The van der Waals surface area contributed by atoms with Gasteiger partial charge >= 0.3 is 0 Å². The summed E-state index contributed by atoms with van der Waals surface area (Å²) in [6, 6.07) is 24.7. The molecule has 0 saturated carbocycles. The first kappa shape index (κ1) is 27.9. The fraction of sp³-hybridized carbons (Fsp3) is 0.310. The molecule has 2 amide bonds. The number of nitrogens with zero attached hydrogens (tertiary/aromatic N) is 2. The van der Waals surface area contributed by atoms with Crippen molar-refractivity contribution in [3.63, 3.8) is 0 Å². The van der Waals surface area contributed by atoms with Crippen LogP contribution in [0.2, 0.25) is 0 Å². The highest BCUT2D eigenvalue weighted by atomic mass is 32.2. The van der Waals surface area contributed by atoms with Crippen molar-refractivity contribution in [1.82, 2.24) is 10.2 Å². The number of sulfonamides is 1. The van der Waals surface area contributed by atoms with Crippen LogP contribution in [0, 0.1) is 6.92 Å². The highest BCUT2D eigenvalue weighted by molar-refractivity contribution is 7.92.